The van der Waals surface area contributed by atoms with Crippen molar-refractivity contribution in [1.29, 1.82) is 0 Å². The highest BCUT2D eigenvalue weighted by Gasteiger charge is 2.45. The smallest absolute Gasteiger partial charge is 0.295 e. The summed E-state index contributed by atoms with van der Waals surface area (Å²) in [5.74, 6) is -2.29. The van der Waals surface area contributed by atoms with Crippen molar-refractivity contribution in [1.82, 2.24) is 4.90 Å². The lowest BCUT2D eigenvalue weighted by Crippen LogP contribution is -2.29. The monoisotopic (exact) mass is 351 g/mol. The largest absolute Gasteiger partial charge is 0.507 e. The van der Waals surface area contributed by atoms with Gasteiger partial charge in [0.2, 0.25) is 0 Å². The number of aliphatic hydroxyl groups is 1. The second-order valence-corrected chi connectivity index (χ2v) is 6.16. The molecule has 4 nitrogen and oxygen atoms in total. The number of rotatable bonds is 4. The number of hydrogen-bond donors (Lipinski definition) is 1. The first-order chi connectivity index (χ1) is 12.4. The van der Waals surface area contributed by atoms with E-state index in [1.807, 2.05) is 6.92 Å². The van der Waals surface area contributed by atoms with Crippen LogP contribution in [0.2, 0.25) is 0 Å². The van der Waals surface area contributed by atoms with Crippen LogP contribution in [0.4, 0.5) is 4.39 Å². The number of amides is 1. The lowest BCUT2D eigenvalue weighted by molar-refractivity contribution is -0.139. The number of aryl methyl sites for hydroxylation is 1. The fourth-order valence-corrected chi connectivity index (χ4v) is 3.10. The number of likely N-dealkylation sites (tertiary alicyclic amines) is 1. The maximum atomic E-state index is 13.7. The van der Waals surface area contributed by atoms with Crippen LogP contribution in [0.3, 0.4) is 0 Å². The highest BCUT2D eigenvalue weighted by molar-refractivity contribution is 6.46. The number of halogens is 1. The van der Waals surface area contributed by atoms with Crippen molar-refractivity contribution in [2.45, 2.75) is 13.0 Å². The molecule has 0 radical (unpaired) electrons. The van der Waals surface area contributed by atoms with Gasteiger partial charge in [-0.15, -0.1) is 6.58 Å². The van der Waals surface area contributed by atoms with Crippen molar-refractivity contribution in [2.75, 3.05) is 6.54 Å². The molecular formula is C21H18FNO3. The van der Waals surface area contributed by atoms with Crippen LogP contribution in [0.15, 0.2) is 66.8 Å². The minimum absolute atomic E-state index is 0.0497. The minimum atomic E-state index is -0.870. The number of carbonyl (C=O) groups excluding carboxylic acids is 2. The van der Waals surface area contributed by atoms with E-state index in [2.05, 4.69) is 6.58 Å². The van der Waals surface area contributed by atoms with Gasteiger partial charge in [-0.05, 0) is 24.6 Å². The Hall–Kier alpha value is -3.21. The van der Waals surface area contributed by atoms with Gasteiger partial charge in [0, 0.05) is 12.1 Å². The predicted molar refractivity (Wildman–Crippen MR) is 96.8 cm³/mol. The summed E-state index contributed by atoms with van der Waals surface area (Å²) in [6.45, 7) is 5.62. The molecule has 1 aliphatic heterocycles. The molecule has 2 aromatic carbocycles. The second kappa shape index (κ2) is 6.96. The van der Waals surface area contributed by atoms with Gasteiger partial charge in [0.15, 0.2) is 0 Å². The molecule has 132 valence electrons. The van der Waals surface area contributed by atoms with E-state index in [4.69, 9.17) is 0 Å². The Kier molecular flexibility index (Phi) is 4.71. The van der Waals surface area contributed by atoms with E-state index in [0.717, 1.165) is 5.56 Å². The maximum Gasteiger partial charge on any atom is 0.295 e. The molecule has 3 rings (SSSR count). The van der Waals surface area contributed by atoms with Gasteiger partial charge in [-0.3, -0.25) is 9.59 Å². The summed E-state index contributed by atoms with van der Waals surface area (Å²) in [6.07, 6.45) is 1.49. The van der Waals surface area contributed by atoms with Gasteiger partial charge in [-0.25, -0.2) is 4.39 Å². The molecule has 1 heterocycles. The van der Waals surface area contributed by atoms with Crippen molar-refractivity contribution in [3.8, 4) is 0 Å². The molecule has 1 amide bonds. The summed E-state index contributed by atoms with van der Waals surface area (Å²) in [5, 5.41) is 10.7. The van der Waals surface area contributed by atoms with Crippen molar-refractivity contribution in [3.05, 3.63) is 89.3 Å². The zero-order valence-electron chi connectivity index (χ0n) is 14.3. The van der Waals surface area contributed by atoms with Crippen LogP contribution >= 0.6 is 0 Å². The molecular weight excluding hydrogens is 333 g/mol. The number of aliphatic hydroxyl groups excluding tert-OH is 1. The molecule has 1 unspecified atom stereocenters. The van der Waals surface area contributed by atoms with Crippen LogP contribution in [0, 0.1) is 12.7 Å². The molecule has 0 spiro atoms. The topological polar surface area (TPSA) is 57.6 Å². The zero-order chi connectivity index (χ0) is 18.8. The Labute approximate surface area is 150 Å². The molecule has 1 fully saturated rings. The van der Waals surface area contributed by atoms with E-state index in [1.165, 1.54) is 29.2 Å². The molecule has 1 saturated heterocycles. The fraction of sp³-hybridized carbons (Fsp3) is 0.143. The average molecular weight is 351 g/mol. The number of Topliss-reactive ketones (excluding diaryl/α,β-unsaturated/α-hetero) is 1. The molecule has 1 aliphatic rings. The van der Waals surface area contributed by atoms with Gasteiger partial charge in [-0.1, -0.05) is 48.0 Å². The van der Waals surface area contributed by atoms with E-state index in [9.17, 15) is 19.1 Å². The molecule has 0 aliphatic carbocycles. The average Bonchev–Trinajstić information content (AvgIpc) is 2.87. The minimum Gasteiger partial charge on any atom is -0.507 e. The Morgan fingerprint density at radius 2 is 1.92 bits per heavy atom. The summed E-state index contributed by atoms with van der Waals surface area (Å²) in [5.41, 5.74) is 1.79. The lowest BCUT2D eigenvalue weighted by atomic mass is 9.95. The van der Waals surface area contributed by atoms with Gasteiger partial charge in [0.05, 0.1) is 11.6 Å². The Bertz CT molecular complexity index is 915. The van der Waals surface area contributed by atoms with Crippen LogP contribution in [-0.2, 0) is 9.59 Å². The first-order valence-corrected chi connectivity index (χ1v) is 8.16. The van der Waals surface area contributed by atoms with E-state index in [1.54, 1.807) is 30.3 Å². The quantitative estimate of drug-likeness (QED) is 0.395. The number of nitrogens with zero attached hydrogens (tertiary/aromatic N) is 1. The Morgan fingerprint density at radius 1 is 1.23 bits per heavy atom. The SMILES string of the molecule is C=CCN1C(=O)C(=O)/C(=C(/O)c2ccc(C)cc2)C1c1cccc(F)c1. The van der Waals surface area contributed by atoms with E-state index in [-0.39, 0.29) is 17.9 Å². The van der Waals surface area contributed by atoms with Gasteiger partial charge < -0.3 is 10.0 Å². The molecule has 1 atom stereocenters. The van der Waals surface area contributed by atoms with Crippen LogP contribution in [-0.4, -0.2) is 28.2 Å². The molecule has 5 heteroatoms. The third kappa shape index (κ3) is 3.04. The van der Waals surface area contributed by atoms with Crippen LogP contribution < -0.4 is 0 Å². The predicted octanol–water partition coefficient (Wildman–Crippen LogP) is 3.74. The third-order valence-electron chi connectivity index (χ3n) is 4.36. The first kappa shape index (κ1) is 17.6. The first-order valence-electron chi connectivity index (χ1n) is 8.16. The molecule has 26 heavy (non-hydrogen) atoms. The standard InChI is InChI=1S/C21H18FNO3/c1-3-11-23-18(15-5-4-6-16(22)12-15)17(20(25)21(23)26)19(24)14-9-7-13(2)8-10-14/h3-10,12,18,24H,1,11H2,2H3/b19-17+. The second-order valence-electron chi connectivity index (χ2n) is 6.16. The number of ketones is 1. The maximum absolute atomic E-state index is 13.7. The van der Waals surface area contributed by atoms with Gasteiger partial charge in [0.25, 0.3) is 11.7 Å². The Morgan fingerprint density at radius 3 is 2.54 bits per heavy atom. The van der Waals surface area contributed by atoms with Crippen LogP contribution in [0.25, 0.3) is 5.76 Å². The van der Waals surface area contributed by atoms with Gasteiger partial charge >= 0.3 is 0 Å². The zero-order valence-corrected chi connectivity index (χ0v) is 14.3. The van der Waals surface area contributed by atoms with Crippen LogP contribution in [0.5, 0.6) is 0 Å². The highest BCUT2D eigenvalue weighted by atomic mass is 19.1. The summed E-state index contributed by atoms with van der Waals surface area (Å²) >= 11 is 0. The van der Waals surface area contributed by atoms with Crippen molar-refractivity contribution < 1.29 is 19.1 Å². The summed E-state index contributed by atoms with van der Waals surface area (Å²) < 4.78 is 13.7. The normalized spacial score (nSPS) is 19.0. The molecule has 0 bridgehead atoms. The molecule has 0 saturated carbocycles. The molecule has 1 N–H and O–H groups in total. The Balaban J connectivity index is 2.21. The third-order valence-corrected chi connectivity index (χ3v) is 4.36. The van der Waals surface area contributed by atoms with Crippen molar-refractivity contribution in [3.63, 3.8) is 0 Å². The molecule has 2 aromatic rings. The lowest BCUT2D eigenvalue weighted by Gasteiger charge is -2.24. The van der Waals surface area contributed by atoms with E-state index >= 15 is 0 Å². The number of hydrogen-bond acceptors (Lipinski definition) is 3. The van der Waals surface area contributed by atoms with E-state index < -0.39 is 23.5 Å². The van der Waals surface area contributed by atoms with Crippen molar-refractivity contribution >= 4 is 17.4 Å². The summed E-state index contributed by atoms with van der Waals surface area (Å²) in [4.78, 5) is 26.3. The summed E-state index contributed by atoms with van der Waals surface area (Å²) in [7, 11) is 0. The summed E-state index contributed by atoms with van der Waals surface area (Å²) in [6, 6.07) is 11.7. The van der Waals surface area contributed by atoms with Crippen LogP contribution in [0.1, 0.15) is 22.7 Å². The number of benzene rings is 2. The van der Waals surface area contributed by atoms with Gasteiger partial charge in [0.1, 0.15) is 11.6 Å². The van der Waals surface area contributed by atoms with Gasteiger partial charge in [-0.2, -0.15) is 0 Å². The molecule has 0 aromatic heterocycles. The fourth-order valence-electron chi connectivity index (χ4n) is 3.10. The number of carbonyl (C=O) groups is 2. The highest BCUT2D eigenvalue weighted by Crippen LogP contribution is 2.39. The van der Waals surface area contributed by atoms with E-state index in [0.29, 0.717) is 11.1 Å². The van der Waals surface area contributed by atoms with Crippen molar-refractivity contribution in [2.24, 2.45) is 0 Å².